The van der Waals surface area contributed by atoms with E-state index >= 15 is 0 Å². The molecule has 0 saturated carbocycles. The van der Waals surface area contributed by atoms with Gasteiger partial charge in [-0.25, -0.2) is 13.1 Å². The molecule has 1 atom stereocenters. The fraction of sp³-hybridized carbons (Fsp3) is 0.571. The van der Waals surface area contributed by atoms with Crippen molar-refractivity contribution in [1.82, 2.24) is 4.72 Å². The van der Waals surface area contributed by atoms with E-state index in [0.717, 1.165) is 6.42 Å². The quantitative estimate of drug-likeness (QED) is 0.809. The molecule has 5 heteroatoms. The third-order valence-electron chi connectivity index (χ3n) is 2.73. The number of hydrogen-bond acceptors (Lipinski definition) is 3. The fourth-order valence-electron chi connectivity index (χ4n) is 2.12. The largest absolute Gasteiger partial charge is 0.384 e. The fourth-order valence-corrected chi connectivity index (χ4v) is 3.56. The molecule has 0 radical (unpaired) electrons. The first-order chi connectivity index (χ1) is 8.86. The van der Waals surface area contributed by atoms with E-state index < -0.39 is 10.0 Å². The van der Waals surface area contributed by atoms with Crippen LogP contribution < -0.4 is 10.0 Å². The SMILES string of the molecule is CCNc1ccccc1S(=O)(=O)NC(C)CC(C)C. The first kappa shape index (κ1) is 16.0. The summed E-state index contributed by atoms with van der Waals surface area (Å²) in [6, 6.07) is 6.91. The summed E-state index contributed by atoms with van der Waals surface area (Å²) in [5, 5.41) is 3.08. The van der Waals surface area contributed by atoms with Crippen molar-refractivity contribution in [3.63, 3.8) is 0 Å². The highest BCUT2D eigenvalue weighted by Crippen LogP contribution is 2.21. The van der Waals surface area contributed by atoms with E-state index in [1.807, 2.05) is 19.9 Å². The summed E-state index contributed by atoms with van der Waals surface area (Å²) in [5.74, 6) is 0.460. The predicted octanol–water partition coefficient (Wildman–Crippen LogP) is 2.83. The van der Waals surface area contributed by atoms with Crippen molar-refractivity contribution in [3.8, 4) is 0 Å². The van der Waals surface area contributed by atoms with Crippen LogP contribution in [0.5, 0.6) is 0 Å². The summed E-state index contributed by atoms with van der Waals surface area (Å²) in [5.41, 5.74) is 0.647. The van der Waals surface area contributed by atoms with E-state index in [-0.39, 0.29) is 6.04 Å². The maximum atomic E-state index is 12.4. The molecular weight excluding hydrogens is 260 g/mol. The van der Waals surface area contributed by atoms with Crippen LogP contribution in [0.2, 0.25) is 0 Å². The van der Waals surface area contributed by atoms with Crippen molar-refractivity contribution in [3.05, 3.63) is 24.3 Å². The number of benzene rings is 1. The van der Waals surface area contributed by atoms with Gasteiger partial charge in [-0.3, -0.25) is 0 Å². The highest BCUT2D eigenvalue weighted by molar-refractivity contribution is 7.89. The summed E-state index contributed by atoms with van der Waals surface area (Å²) in [6.07, 6.45) is 0.822. The molecule has 0 heterocycles. The topological polar surface area (TPSA) is 58.2 Å². The van der Waals surface area contributed by atoms with Gasteiger partial charge in [0.15, 0.2) is 0 Å². The van der Waals surface area contributed by atoms with Crippen molar-refractivity contribution in [2.75, 3.05) is 11.9 Å². The molecule has 0 aliphatic rings. The Balaban J connectivity index is 2.94. The first-order valence-corrected chi connectivity index (χ1v) is 8.20. The van der Waals surface area contributed by atoms with E-state index in [9.17, 15) is 8.42 Å². The van der Waals surface area contributed by atoms with Crippen molar-refractivity contribution >= 4 is 15.7 Å². The molecule has 1 rings (SSSR count). The summed E-state index contributed by atoms with van der Waals surface area (Å²) < 4.78 is 27.5. The van der Waals surface area contributed by atoms with Crippen molar-refractivity contribution in [2.45, 2.75) is 45.1 Å². The lowest BCUT2D eigenvalue weighted by atomic mass is 10.1. The molecule has 0 fully saturated rings. The van der Waals surface area contributed by atoms with Gasteiger partial charge >= 0.3 is 0 Å². The molecule has 108 valence electrons. The molecule has 0 amide bonds. The lowest BCUT2D eigenvalue weighted by molar-refractivity contribution is 0.482. The lowest BCUT2D eigenvalue weighted by Gasteiger charge is -2.18. The second-order valence-electron chi connectivity index (χ2n) is 5.18. The molecule has 0 saturated heterocycles. The Labute approximate surface area is 116 Å². The van der Waals surface area contributed by atoms with Crippen LogP contribution in [0.25, 0.3) is 0 Å². The molecule has 19 heavy (non-hydrogen) atoms. The third kappa shape index (κ3) is 4.84. The average Bonchev–Trinajstić information content (AvgIpc) is 2.27. The normalized spacial score (nSPS) is 13.5. The zero-order valence-electron chi connectivity index (χ0n) is 12.1. The first-order valence-electron chi connectivity index (χ1n) is 6.72. The van der Waals surface area contributed by atoms with Crippen LogP contribution in [-0.4, -0.2) is 21.0 Å². The molecule has 1 unspecified atom stereocenters. The monoisotopic (exact) mass is 284 g/mol. The smallest absolute Gasteiger partial charge is 0.242 e. The molecule has 0 aliphatic heterocycles. The van der Waals surface area contributed by atoms with Crippen LogP contribution in [0, 0.1) is 5.92 Å². The van der Waals surface area contributed by atoms with E-state index in [1.165, 1.54) is 0 Å². The maximum absolute atomic E-state index is 12.4. The van der Waals surface area contributed by atoms with E-state index in [0.29, 0.717) is 23.0 Å². The summed E-state index contributed by atoms with van der Waals surface area (Å²) in [4.78, 5) is 0.312. The Bertz CT molecular complexity index is 498. The molecule has 1 aromatic carbocycles. The van der Waals surface area contributed by atoms with Gasteiger partial charge in [0.05, 0.1) is 5.69 Å². The second kappa shape index (κ2) is 6.91. The Morgan fingerprint density at radius 1 is 1.16 bits per heavy atom. The Morgan fingerprint density at radius 2 is 1.79 bits per heavy atom. The number of hydrogen-bond donors (Lipinski definition) is 2. The number of nitrogens with one attached hydrogen (secondary N) is 2. The minimum absolute atomic E-state index is 0.0697. The number of rotatable bonds is 7. The van der Waals surface area contributed by atoms with Crippen molar-refractivity contribution in [1.29, 1.82) is 0 Å². The van der Waals surface area contributed by atoms with Gasteiger partial charge in [-0.2, -0.15) is 0 Å². The van der Waals surface area contributed by atoms with Gasteiger partial charge < -0.3 is 5.32 Å². The molecule has 0 aliphatic carbocycles. The zero-order chi connectivity index (χ0) is 14.5. The van der Waals surface area contributed by atoms with Crippen LogP contribution in [-0.2, 0) is 10.0 Å². The maximum Gasteiger partial charge on any atom is 0.242 e. The second-order valence-corrected chi connectivity index (χ2v) is 6.86. The lowest BCUT2D eigenvalue weighted by Crippen LogP contribution is -2.33. The van der Waals surface area contributed by atoms with Gasteiger partial charge in [0.2, 0.25) is 10.0 Å². The highest BCUT2D eigenvalue weighted by Gasteiger charge is 2.20. The molecule has 4 nitrogen and oxygen atoms in total. The highest BCUT2D eigenvalue weighted by atomic mass is 32.2. The summed E-state index contributed by atoms with van der Waals surface area (Å²) in [6.45, 7) is 8.69. The number of anilines is 1. The van der Waals surface area contributed by atoms with E-state index in [2.05, 4.69) is 23.9 Å². The predicted molar refractivity (Wildman–Crippen MR) is 79.8 cm³/mol. The van der Waals surface area contributed by atoms with Gasteiger partial charge in [0, 0.05) is 12.6 Å². The molecule has 0 aromatic heterocycles. The standard InChI is InChI=1S/C14H24N2O2S/c1-5-15-13-8-6-7-9-14(13)19(17,18)16-12(4)10-11(2)3/h6-9,11-12,15-16H,5,10H2,1-4H3. The zero-order valence-corrected chi connectivity index (χ0v) is 12.9. The van der Waals surface area contributed by atoms with Crippen LogP contribution in [0.15, 0.2) is 29.2 Å². The van der Waals surface area contributed by atoms with E-state index in [4.69, 9.17) is 0 Å². The van der Waals surface area contributed by atoms with E-state index in [1.54, 1.807) is 18.2 Å². The van der Waals surface area contributed by atoms with Gasteiger partial charge in [0.25, 0.3) is 0 Å². The van der Waals surface area contributed by atoms with Crippen LogP contribution in [0.1, 0.15) is 34.1 Å². The van der Waals surface area contributed by atoms with Gasteiger partial charge in [0.1, 0.15) is 4.90 Å². The van der Waals surface area contributed by atoms with Crippen molar-refractivity contribution in [2.24, 2.45) is 5.92 Å². The van der Waals surface area contributed by atoms with Gasteiger partial charge in [-0.1, -0.05) is 26.0 Å². The molecule has 0 bridgehead atoms. The Kier molecular flexibility index (Phi) is 5.82. The molecule has 0 spiro atoms. The Morgan fingerprint density at radius 3 is 2.37 bits per heavy atom. The molecule has 2 N–H and O–H groups in total. The number of para-hydroxylation sites is 1. The minimum Gasteiger partial charge on any atom is -0.384 e. The van der Waals surface area contributed by atoms with Gasteiger partial charge in [-0.15, -0.1) is 0 Å². The average molecular weight is 284 g/mol. The van der Waals surface area contributed by atoms with Crippen LogP contribution >= 0.6 is 0 Å². The van der Waals surface area contributed by atoms with Crippen molar-refractivity contribution < 1.29 is 8.42 Å². The Hall–Kier alpha value is -1.07. The molecular formula is C14H24N2O2S. The summed E-state index contributed by atoms with van der Waals surface area (Å²) in [7, 11) is -3.47. The minimum atomic E-state index is -3.47. The third-order valence-corrected chi connectivity index (χ3v) is 4.37. The van der Waals surface area contributed by atoms with Crippen LogP contribution in [0.4, 0.5) is 5.69 Å². The molecule has 1 aromatic rings. The number of sulfonamides is 1. The summed E-state index contributed by atoms with van der Waals surface area (Å²) >= 11 is 0. The van der Waals surface area contributed by atoms with Gasteiger partial charge in [-0.05, 0) is 38.3 Å². The van der Waals surface area contributed by atoms with Crippen LogP contribution in [0.3, 0.4) is 0 Å².